The van der Waals surface area contributed by atoms with E-state index in [4.69, 9.17) is 5.73 Å². The Kier molecular flexibility index (Phi) is 5.35. The van der Waals surface area contributed by atoms with Gasteiger partial charge < -0.3 is 10.5 Å². The van der Waals surface area contributed by atoms with Crippen LogP contribution in [0.4, 0.5) is 13.2 Å². The van der Waals surface area contributed by atoms with Crippen LogP contribution in [0.2, 0.25) is 0 Å². The van der Waals surface area contributed by atoms with Crippen molar-refractivity contribution in [2.45, 2.75) is 38.6 Å². The van der Waals surface area contributed by atoms with Gasteiger partial charge in [-0.1, -0.05) is 31.9 Å². The summed E-state index contributed by atoms with van der Waals surface area (Å²) in [7, 11) is 0. The number of hydrogen-bond acceptors (Lipinski definition) is 3. The number of hydrogen-bond donors (Lipinski definition) is 1. The van der Waals surface area contributed by atoms with Crippen molar-refractivity contribution in [2.75, 3.05) is 0 Å². The molecule has 0 saturated carbocycles. The van der Waals surface area contributed by atoms with E-state index in [1.807, 2.05) is 6.92 Å². The van der Waals surface area contributed by atoms with Gasteiger partial charge in [-0.15, -0.1) is 13.2 Å². The van der Waals surface area contributed by atoms with E-state index in [9.17, 15) is 18.0 Å². The van der Waals surface area contributed by atoms with Gasteiger partial charge in [0.1, 0.15) is 5.75 Å². The second-order valence-corrected chi connectivity index (χ2v) is 4.19. The zero-order chi connectivity index (χ0) is 14.5. The summed E-state index contributed by atoms with van der Waals surface area (Å²) >= 11 is 0. The molecule has 19 heavy (non-hydrogen) atoms. The van der Waals surface area contributed by atoms with Gasteiger partial charge >= 0.3 is 6.36 Å². The number of Topliss-reactive ketones (excluding diaryl/α,β-unsaturated/α-hetero) is 1. The SMILES string of the molecule is CCCCC(N)C(=O)c1cccc(OC(F)(F)F)c1. The van der Waals surface area contributed by atoms with Crippen LogP contribution in [0.1, 0.15) is 36.5 Å². The third kappa shape index (κ3) is 5.30. The molecule has 0 spiro atoms. The number of rotatable bonds is 6. The van der Waals surface area contributed by atoms with Crippen LogP contribution < -0.4 is 10.5 Å². The Labute approximate surface area is 109 Å². The quantitative estimate of drug-likeness (QED) is 0.810. The molecule has 6 heteroatoms. The molecule has 0 aliphatic heterocycles. The molecule has 0 aromatic heterocycles. The molecule has 1 unspecified atom stereocenters. The number of carbonyl (C=O) groups excluding carboxylic acids is 1. The predicted octanol–water partition coefficient (Wildman–Crippen LogP) is 3.29. The Balaban J connectivity index is 2.78. The Morgan fingerprint density at radius 3 is 2.68 bits per heavy atom. The van der Waals surface area contributed by atoms with Gasteiger partial charge in [0.15, 0.2) is 5.78 Å². The molecule has 106 valence electrons. The molecule has 0 amide bonds. The summed E-state index contributed by atoms with van der Waals surface area (Å²) in [5.41, 5.74) is 5.83. The standard InChI is InChI=1S/C13H16F3NO2/c1-2-3-7-11(17)12(18)9-5-4-6-10(8-9)19-13(14,15)16/h4-6,8,11H,2-3,7,17H2,1H3. The zero-order valence-electron chi connectivity index (χ0n) is 10.5. The van der Waals surface area contributed by atoms with Crippen molar-refractivity contribution in [2.24, 2.45) is 5.73 Å². The highest BCUT2D eigenvalue weighted by atomic mass is 19.4. The van der Waals surface area contributed by atoms with Crippen LogP contribution in [-0.4, -0.2) is 18.2 Å². The fourth-order valence-corrected chi connectivity index (χ4v) is 1.62. The third-order valence-electron chi connectivity index (χ3n) is 2.56. The van der Waals surface area contributed by atoms with Gasteiger partial charge in [-0.3, -0.25) is 4.79 Å². The number of benzene rings is 1. The first-order chi connectivity index (χ1) is 8.83. The number of halogens is 3. The highest BCUT2D eigenvalue weighted by Gasteiger charge is 2.31. The molecule has 0 fully saturated rings. The van der Waals surface area contributed by atoms with E-state index in [0.717, 1.165) is 25.0 Å². The molecule has 0 saturated heterocycles. The number of ketones is 1. The minimum atomic E-state index is -4.77. The Bertz CT molecular complexity index is 432. The lowest BCUT2D eigenvalue weighted by Gasteiger charge is -2.12. The summed E-state index contributed by atoms with van der Waals surface area (Å²) < 4.78 is 40.0. The molecular weight excluding hydrogens is 259 g/mol. The van der Waals surface area contributed by atoms with Gasteiger partial charge in [-0.05, 0) is 18.6 Å². The second-order valence-electron chi connectivity index (χ2n) is 4.19. The normalized spacial score (nSPS) is 13.1. The van der Waals surface area contributed by atoms with E-state index >= 15 is 0 Å². The van der Waals surface area contributed by atoms with Crippen LogP contribution in [0.3, 0.4) is 0 Å². The van der Waals surface area contributed by atoms with Crippen LogP contribution >= 0.6 is 0 Å². The van der Waals surface area contributed by atoms with Crippen LogP contribution in [0.15, 0.2) is 24.3 Å². The molecule has 0 bridgehead atoms. The highest BCUT2D eigenvalue weighted by Crippen LogP contribution is 2.23. The monoisotopic (exact) mass is 275 g/mol. The van der Waals surface area contributed by atoms with E-state index in [2.05, 4.69) is 4.74 Å². The van der Waals surface area contributed by atoms with E-state index in [1.165, 1.54) is 12.1 Å². The Morgan fingerprint density at radius 2 is 2.11 bits per heavy atom. The highest BCUT2D eigenvalue weighted by molar-refractivity contribution is 6.00. The van der Waals surface area contributed by atoms with E-state index in [1.54, 1.807) is 0 Å². The first-order valence-corrected chi connectivity index (χ1v) is 5.99. The van der Waals surface area contributed by atoms with Crippen LogP contribution in [0.5, 0.6) is 5.75 Å². The molecular formula is C13H16F3NO2. The minimum absolute atomic E-state index is 0.130. The molecule has 0 heterocycles. The van der Waals surface area contributed by atoms with Crippen molar-refractivity contribution < 1.29 is 22.7 Å². The van der Waals surface area contributed by atoms with Crippen LogP contribution in [-0.2, 0) is 0 Å². The average molecular weight is 275 g/mol. The summed E-state index contributed by atoms with van der Waals surface area (Å²) in [6.45, 7) is 1.97. The van der Waals surface area contributed by atoms with Gasteiger partial charge in [-0.2, -0.15) is 0 Å². The maximum absolute atomic E-state index is 12.1. The lowest BCUT2D eigenvalue weighted by Crippen LogP contribution is -2.30. The fourth-order valence-electron chi connectivity index (χ4n) is 1.62. The van der Waals surface area contributed by atoms with Gasteiger partial charge in [0, 0.05) is 5.56 Å². The molecule has 1 atom stereocenters. The zero-order valence-corrected chi connectivity index (χ0v) is 10.5. The van der Waals surface area contributed by atoms with Crippen molar-refractivity contribution in [1.82, 2.24) is 0 Å². The van der Waals surface area contributed by atoms with Crippen molar-refractivity contribution in [3.8, 4) is 5.75 Å². The van der Waals surface area contributed by atoms with Crippen molar-refractivity contribution >= 4 is 5.78 Å². The first kappa shape index (κ1) is 15.5. The van der Waals surface area contributed by atoms with Crippen molar-refractivity contribution in [3.05, 3.63) is 29.8 Å². The minimum Gasteiger partial charge on any atom is -0.406 e. The lowest BCUT2D eigenvalue weighted by atomic mass is 10.0. The molecule has 2 N–H and O–H groups in total. The molecule has 0 radical (unpaired) electrons. The van der Waals surface area contributed by atoms with Gasteiger partial charge in [0.05, 0.1) is 6.04 Å². The smallest absolute Gasteiger partial charge is 0.406 e. The lowest BCUT2D eigenvalue weighted by molar-refractivity contribution is -0.274. The summed E-state index contributed by atoms with van der Waals surface area (Å²) in [4.78, 5) is 11.9. The molecule has 1 aromatic carbocycles. The van der Waals surface area contributed by atoms with E-state index in [0.29, 0.717) is 6.42 Å². The van der Waals surface area contributed by atoms with E-state index < -0.39 is 18.2 Å². The molecule has 0 aliphatic carbocycles. The Hall–Kier alpha value is -1.56. The number of carbonyl (C=O) groups is 1. The van der Waals surface area contributed by atoms with Gasteiger partial charge in [-0.25, -0.2) is 0 Å². The second kappa shape index (κ2) is 6.56. The largest absolute Gasteiger partial charge is 0.573 e. The first-order valence-electron chi connectivity index (χ1n) is 5.99. The molecule has 3 nitrogen and oxygen atoms in total. The van der Waals surface area contributed by atoms with Gasteiger partial charge in [0.2, 0.25) is 0 Å². The maximum Gasteiger partial charge on any atom is 0.573 e. The summed E-state index contributed by atoms with van der Waals surface area (Å²) in [6, 6.07) is 4.27. The van der Waals surface area contributed by atoms with Gasteiger partial charge in [0.25, 0.3) is 0 Å². The molecule has 1 aromatic rings. The number of nitrogens with two attached hydrogens (primary N) is 1. The summed E-state index contributed by atoms with van der Waals surface area (Å²) in [5, 5.41) is 0. The fraction of sp³-hybridized carbons (Fsp3) is 0.462. The molecule has 0 aliphatic rings. The predicted molar refractivity (Wildman–Crippen MR) is 65.0 cm³/mol. The topological polar surface area (TPSA) is 52.3 Å². The maximum atomic E-state index is 12.1. The third-order valence-corrected chi connectivity index (χ3v) is 2.56. The van der Waals surface area contributed by atoms with E-state index in [-0.39, 0.29) is 11.3 Å². The van der Waals surface area contributed by atoms with Crippen molar-refractivity contribution in [1.29, 1.82) is 0 Å². The van der Waals surface area contributed by atoms with Crippen molar-refractivity contribution in [3.63, 3.8) is 0 Å². The van der Waals surface area contributed by atoms with Crippen LogP contribution in [0.25, 0.3) is 0 Å². The summed E-state index contributed by atoms with van der Waals surface area (Å²) in [5.74, 6) is -0.790. The molecule has 1 rings (SSSR count). The number of unbranched alkanes of at least 4 members (excludes halogenated alkanes) is 1. The summed E-state index contributed by atoms with van der Waals surface area (Å²) in [6.07, 6.45) is -2.56. The number of alkyl halides is 3. The van der Waals surface area contributed by atoms with Crippen LogP contribution in [0, 0.1) is 0 Å². The average Bonchev–Trinajstić information content (AvgIpc) is 2.33. The Morgan fingerprint density at radius 1 is 1.42 bits per heavy atom. The number of ether oxygens (including phenoxy) is 1.